The van der Waals surface area contributed by atoms with Gasteiger partial charge in [-0.05, 0) is 66.6 Å². The highest BCUT2D eigenvalue weighted by Crippen LogP contribution is 2.37. The number of primary amides is 1. The number of amidine groups is 1. The van der Waals surface area contributed by atoms with E-state index in [1.54, 1.807) is 6.26 Å². The Morgan fingerprint density at radius 3 is 2.42 bits per heavy atom. The van der Waals surface area contributed by atoms with E-state index in [4.69, 9.17) is 15.1 Å². The Morgan fingerprint density at radius 1 is 0.907 bits per heavy atom. The van der Waals surface area contributed by atoms with Crippen LogP contribution in [0.25, 0.3) is 22.1 Å². The molecule has 3 aliphatic rings. The molecule has 1 aromatic heterocycles. The number of aliphatic imine (C=N–C) groups is 1. The van der Waals surface area contributed by atoms with Crippen molar-refractivity contribution in [1.82, 2.24) is 14.7 Å². The molecule has 2 fully saturated rings. The van der Waals surface area contributed by atoms with Crippen LogP contribution in [0.2, 0.25) is 0 Å². The maximum Gasteiger partial charge on any atom is 0.256 e. The number of nitrogens with zero attached hydrogens (tertiary/aromatic N) is 4. The molecule has 0 bridgehead atoms. The van der Waals surface area contributed by atoms with Gasteiger partial charge in [0.05, 0.1) is 12.8 Å². The minimum absolute atomic E-state index is 0.115. The summed E-state index contributed by atoms with van der Waals surface area (Å²) in [5.74, 6) is 0.840. The molecule has 3 aromatic carbocycles. The van der Waals surface area contributed by atoms with Crippen molar-refractivity contribution in [3.63, 3.8) is 0 Å². The van der Waals surface area contributed by atoms with Crippen LogP contribution in [0.4, 0.5) is 0 Å². The average molecular weight is 576 g/mol. The number of rotatable bonds is 8. The molecule has 2 N–H and O–H groups in total. The van der Waals surface area contributed by atoms with E-state index in [1.165, 1.54) is 5.56 Å². The largest absolute Gasteiger partial charge is 0.464 e. The van der Waals surface area contributed by atoms with Gasteiger partial charge in [-0.15, -0.1) is 0 Å². The fraction of sp³-hybridized carbons (Fsp3) is 0.343. The first-order valence-corrected chi connectivity index (χ1v) is 15.2. The van der Waals surface area contributed by atoms with Crippen molar-refractivity contribution < 1.29 is 14.0 Å². The Bertz CT molecular complexity index is 1650. The number of fused-ring (bicyclic) bond motifs is 1. The Balaban J connectivity index is 1.13. The second kappa shape index (κ2) is 11.4. The third-order valence-corrected chi connectivity index (χ3v) is 9.27. The third kappa shape index (κ3) is 5.60. The lowest BCUT2D eigenvalue weighted by Gasteiger charge is -2.36. The quantitative estimate of drug-likeness (QED) is 0.333. The molecule has 1 spiro atoms. The standard InChI is InChI=1S/C35H37N5O3/c36-32(41)24-39-16-12-26(22-39)23-40-33(28-8-6-27(7-9-28)29-10-11-31-30(20-29)13-19-43-31)37-35(34(40)42)14-17-38(18-15-35)21-25-4-2-1-3-5-25/h1-11,13,19-20,26H,12,14-18,21-24H2,(H2,36,41)/t26-/m1/s1. The summed E-state index contributed by atoms with van der Waals surface area (Å²) in [4.78, 5) is 37.5. The third-order valence-electron chi connectivity index (χ3n) is 9.27. The highest BCUT2D eigenvalue weighted by atomic mass is 16.3. The second-order valence-corrected chi connectivity index (χ2v) is 12.3. The number of benzene rings is 3. The molecule has 0 radical (unpaired) electrons. The van der Waals surface area contributed by atoms with Gasteiger partial charge in [0.2, 0.25) is 5.91 Å². The molecule has 8 nitrogen and oxygen atoms in total. The normalized spacial score (nSPS) is 20.7. The van der Waals surface area contributed by atoms with Gasteiger partial charge < -0.3 is 10.2 Å². The molecule has 220 valence electrons. The fourth-order valence-electron chi connectivity index (χ4n) is 6.94. The van der Waals surface area contributed by atoms with Crippen LogP contribution in [-0.4, -0.2) is 77.2 Å². The van der Waals surface area contributed by atoms with Crippen LogP contribution in [0.5, 0.6) is 0 Å². The van der Waals surface area contributed by atoms with Crippen molar-refractivity contribution in [1.29, 1.82) is 0 Å². The van der Waals surface area contributed by atoms with Crippen molar-refractivity contribution in [2.24, 2.45) is 16.6 Å². The van der Waals surface area contributed by atoms with Crippen molar-refractivity contribution in [3.05, 3.63) is 96.3 Å². The van der Waals surface area contributed by atoms with Crippen molar-refractivity contribution >= 4 is 28.6 Å². The number of hydrogen-bond acceptors (Lipinski definition) is 6. The van der Waals surface area contributed by atoms with E-state index in [2.05, 4.69) is 70.5 Å². The van der Waals surface area contributed by atoms with Gasteiger partial charge in [0.15, 0.2) is 0 Å². The Hall–Kier alpha value is -4.27. The van der Waals surface area contributed by atoms with Gasteiger partial charge >= 0.3 is 0 Å². The smallest absolute Gasteiger partial charge is 0.256 e. The van der Waals surface area contributed by atoms with Gasteiger partial charge in [0, 0.05) is 43.7 Å². The Labute approximate surface area is 251 Å². The number of amides is 2. The average Bonchev–Trinajstić information content (AvgIpc) is 3.74. The molecule has 0 aliphatic carbocycles. The van der Waals surface area contributed by atoms with Gasteiger partial charge in [0.25, 0.3) is 5.91 Å². The summed E-state index contributed by atoms with van der Waals surface area (Å²) < 4.78 is 5.51. The van der Waals surface area contributed by atoms with E-state index < -0.39 is 5.54 Å². The van der Waals surface area contributed by atoms with E-state index in [9.17, 15) is 9.59 Å². The Morgan fingerprint density at radius 2 is 1.65 bits per heavy atom. The summed E-state index contributed by atoms with van der Waals surface area (Å²) in [6.45, 7) is 4.98. The number of nitrogens with two attached hydrogens (primary N) is 1. The number of piperidine rings is 1. The van der Waals surface area contributed by atoms with E-state index in [-0.39, 0.29) is 24.3 Å². The molecule has 8 heteroatoms. The van der Waals surface area contributed by atoms with Crippen LogP contribution in [0.1, 0.15) is 30.4 Å². The topological polar surface area (TPSA) is 95.4 Å². The summed E-state index contributed by atoms with van der Waals surface area (Å²) in [5.41, 5.74) is 10.1. The van der Waals surface area contributed by atoms with Gasteiger partial charge in [-0.25, -0.2) is 0 Å². The van der Waals surface area contributed by atoms with Crippen LogP contribution < -0.4 is 5.73 Å². The van der Waals surface area contributed by atoms with Gasteiger partial charge in [-0.3, -0.25) is 29.3 Å². The monoisotopic (exact) mass is 575 g/mol. The predicted molar refractivity (Wildman–Crippen MR) is 167 cm³/mol. The lowest BCUT2D eigenvalue weighted by atomic mass is 9.87. The van der Waals surface area contributed by atoms with Crippen molar-refractivity contribution in [2.45, 2.75) is 31.3 Å². The minimum Gasteiger partial charge on any atom is -0.464 e. The highest BCUT2D eigenvalue weighted by Gasteiger charge is 2.50. The van der Waals surface area contributed by atoms with E-state index in [0.29, 0.717) is 19.4 Å². The first kappa shape index (κ1) is 27.6. The van der Waals surface area contributed by atoms with Crippen LogP contribution in [0.3, 0.4) is 0 Å². The summed E-state index contributed by atoms with van der Waals surface area (Å²) in [7, 11) is 0. The van der Waals surface area contributed by atoms with E-state index >= 15 is 0 Å². The lowest BCUT2D eigenvalue weighted by molar-refractivity contribution is -0.133. The molecule has 2 saturated heterocycles. The predicted octanol–water partition coefficient (Wildman–Crippen LogP) is 4.53. The molecule has 4 aromatic rings. The Kier molecular flexibility index (Phi) is 7.33. The van der Waals surface area contributed by atoms with Crippen LogP contribution in [-0.2, 0) is 16.1 Å². The molecule has 7 rings (SSSR count). The molecule has 0 saturated carbocycles. The summed E-state index contributed by atoms with van der Waals surface area (Å²) in [6.07, 6.45) is 4.05. The molecule has 43 heavy (non-hydrogen) atoms. The number of furan rings is 1. The highest BCUT2D eigenvalue weighted by molar-refractivity contribution is 6.15. The lowest BCUT2D eigenvalue weighted by Crippen LogP contribution is -2.50. The zero-order valence-electron chi connectivity index (χ0n) is 24.3. The SMILES string of the molecule is NC(=O)CN1CC[C@@H](CN2C(=O)C3(CCN(Cc4ccccc4)CC3)N=C2c2ccc(-c3ccc4occc4c3)cc2)C1. The molecular formula is C35H37N5O3. The molecule has 3 aliphatic heterocycles. The van der Waals surface area contributed by atoms with E-state index in [1.807, 2.05) is 23.1 Å². The summed E-state index contributed by atoms with van der Waals surface area (Å²) >= 11 is 0. The zero-order valence-corrected chi connectivity index (χ0v) is 24.3. The van der Waals surface area contributed by atoms with Crippen molar-refractivity contribution in [2.75, 3.05) is 39.3 Å². The summed E-state index contributed by atoms with van der Waals surface area (Å²) in [6, 6.07) is 27.1. The van der Waals surface area contributed by atoms with Gasteiger partial charge in [-0.2, -0.15) is 0 Å². The van der Waals surface area contributed by atoms with E-state index in [0.717, 1.165) is 72.6 Å². The molecular weight excluding hydrogens is 538 g/mol. The van der Waals surface area contributed by atoms with Crippen LogP contribution in [0.15, 0.2) is 94.5 Å². The van der Waals surface area contributed by atoms with Crippen molar-refractivity contribution in [3.8, 4) is 11.1 Å². The number of likely N-dealkylation sites (tertiary alicyclic amines) is 2. The van der Waals surface area contributed by atoms with Crippen LogP contribution in [0, 0.1) is 5.92 Å². The molecule has 1 atom stereocenters. The number of hydrogen-bond donors (Lipinski definition) is 1. The zero-order chi connectivity index (χ0) is 29.4. The van der Waals surface area contributed by atoms with Gasteiger partial charge in [0.1, 0.15) is 17.0 Å². The van der Waals surface area contributed by atoms with Gasteiger partial charge in [-0.1, -0.05) is 60.7 Å². The maximum absolute atomic E-state index is 14.3. The number of carbonyl (C=O) groups is 2. The molecule has 4 heterocycles. The first-order chi connectivity index (χ1) is 21.0. The number of carbonyl (C=O) groups excluding carboxylic acids is 2. The molecule has 0 unspecified atom stereocenters. The maximum atomic E-state index is 14.3. The summed E-state index contributed by atoms with van der Waals surface area (Å²) in [5, 5.41) is 1.07. The first-order valence-electron chi connectivity index (χ1n) is 15.2. The molecule has 2 amide bonds. The van der Waals surface area contributed by atoms with Crippen LogP contribution >= 0.6 is 0 Å². The second-order valence-electron chi connectivity index (χ2n) is 12.3. The minimum atomic E-state index is -0.723. The fourth-order valence-corrected chi connectivity index (χ4v) is 6.94.